The first-order chi connectivity index (χ1) is 8.88. The molecule has 1 heterocycles. The van der Waals surface area contributed by atoms with Crippen LogP contribution in [-0.4, -0.2) is 18.6 Å². The first kappa shape index (κ1) is 13.7. The number of hydrogen-bond acceptors (Lipinski definition) is 5. The van der Waals surface area contributed by atoms with Gasteiger partial charge in [0.1, 0.15) is 11.6 Å². The Morgan fingerprint density at radius 1 is 1.37 bits per heavy atom. The Balaban J connectivity index is 2.26. The van der Waals surface area contributed by atoms with E-state index >= 15 is 0 Å². The van der Waals surface area contributed by atoms with E-state index in [1.807, 2.05) is 13.8 Å². The average molecular weight is 284 g/mol. The second-order valence-corrected chi connectivity index (χ2v) is 6.41. The van der Waals surface area contributed by atoms with Gasteiger partial charge in [-0.15, -0.1) is 0 Å². The number of hydrogen-bond donors (Lipinski definition) is 0. The second-order valence-electron chi connectivity index (χ2n) is 4.42. The summed E-state index contributed by atoms with van der Waals surface area (Å²) in [5, 5.41) is 3.69. The molecule has 2 rings (SSSR count). The summed E-state index contributed by atoms with van der Waals surface area (Å²) in [7, 11) is -3.68. The first-order valence-electron chi connectivity index (χ1n) is 5.69. The van der Waals surface area contributed by atoms with Gasteiger partial charge in [-0.25, -0.2) is 12.8 Å². The van der Waals surface area contributed by atoms with Gasteiger partial charge in [0.15, 0.2) is 15.7 Å². The summed E-state index contributed by atoms with van der Waals surface area (Å²) < 4.78 is 42.0. The van der Waals surface area contributed by atoms with Crippen LogP contribution in [0.15, 0.2) is 33.7 Å². The number of sulfone groups is 1. The van der Waals surface area contributed by atoms with Gasteiger partial charge < -0.3 is 4.52 Å². The van der Waals surface area contributed by atoms with Crippen LogP contribution in [0.4, 0.5) is 4.39 Å². The van der Waals surface area contributed by atoms with Crippen LogP contribution in [0.3, 0.4) is 0 Å². The topological polar surface area (TPSA) is 73.1 Å². The maximum atomic E-state index is 13.0. The molecule has 0 saturated heterocycles. The van der Waals surface area contributed by atoms with E-state index < -0.39 is 21.4 Å². The van der Waals surface area contributed by atoms with Gasteiger partial charge in [0, 0.05) is 5.92 Å². The van der Waals surface area contributed by atoms with Crippen LogP contribution in [0.2, 0.25) is 0 Å². The van der Waals surface area contributed by atoms with Crippen molar-refractivity contribution in [2.75, 3.05) is 0 Å². The fourth-order valence-corrected chi connectivity index (χ4v) is 2.65. The number of aromatic nitrogens is 2. The van der Waals surface area contributed by atoms with Crippen LogP contribution in [0.1, 0.15) is 31.5 Å². The standard InChI is InChI=1S/C12H13FN2O3S/c1-8(2)12-14-11(18-15-12)7-19(16,17)10-5-3-4-9(13)6-10/h3-6,8H,7H2,1-2H3. The lowest BCUT2D eigenvalue weighted by Gasteiger charge is -2.01. The summed E-state index contributed by atoms with van der Waals surface area (Å²) in [5.74, 6) is -0.530. The second kappa shape index (κ2) is 5.08. The van der Waals surface area contributed by atoms with Crippen molar-refractivity contribution in [2.45, 2.75) is 30.4 Å². The van der Waals surface area contributed by atoms with Gasteiger partial charge in [-0.2, -0.15) is 4.98 Å². The molecule has 5 nitrogen and oxygen atoms in total. The van der Waals surface area contributed by atoms with E-state index in [1.54, 1.807) is 0 Å². The molecule has 19 heavy (non-hydrogen) atoms. The molecule has 0 bridgehead atoms. The lowest BCUT2D eigenvalue weighted by atomic mass is 10.2. The van der Waals surface area contributed by atoms with E-state index in [9.17, 15) is 12.8 Å². The van der Waals surface area contributed by atoms with Gasteiger partial charge in [0.2, 0.25) is 5.89 Å². The lowest BCUT2D eigenvalue weighted by Crippen LogP contribution is -2.05. The van der Waals surface area contributed by atoms with Gasteiger partial charge >= 0.3 is 0 Å². The molecule has 0 spiro atoms. The molecule has 0 amide bonds. The Morgan fingerprint density at radius 2 is 2.11 bits per heavy atom. The van der Waals surface area contributed by atoms with Crippen LogP contribution in [0.25, 0.3) is 0 Å². The third kappa shape index (κ3) is 3.17. The minimum Gasteiger partial charge on any atom is -0.338 e. The average Bonchev–Trinajstić information content (AvgIpc) is 2.77. The maximum Gasteiger partial charge on any atom is 0.242 e. The molecule has 0 unspecified atom stereocenters. The maximum absolute atomic E-state index is 13.0. The van der Waals surface area contributed by atoms with Crippen molar-refractivity contribution in [3.05, 3.63) is 41.8 Å². The summed E-state index contributed by atoms with van der Waals surface area (Å²) in [6.45, 7) is 3.74. The molecule has 0 N–H and O–H groups in total. The molecule has 2 aromatic rings. The molecule has 0 fully saturated rings. The molecule has 0 aliphatic rings. The summed E-state index contributed by atoms with van der Waals surface area (Å²) >= 11 is 0. The predicted molar refractivity (Wildman–Crippen MR) is 65.7 cm³/mol. The quantitative estimate of drug-likeness (QED) is 0.861. The van der Waals surface area contributed by atoms with Crippen molar-refractivity contribution in [3.63, 3.8) is 0 Å². The van der Waals surface area contributed by atoms with Gasteiger partial charge in [-0.3, -0.25) is 0 Å². The van der Waals surface area contributed by atoms with Crippen molar-refractivity contribution in [1.82, 2.24) is 10.1 Å². The third-order valence-corrected chi connectivity index (χ3v) is 4.07. The Hall–Kier alpha value is -1.76. The van der Waals surface area contributed by atoms with Crippen molar-refractivity contribution >= 4 is 9.84 Å². The zero-order valence-corrected chi connectivity index (χ0v) is 11.3. The molecule has 102 valence electrons. The fourth-order valence-electron chi connectivity index (χ4n) is 1.47. The molecule has 0 atom stereocenters. The van der Waals surface area contributed by atoms with E-state index in [2.05, 4.69) is 10.1 Å². The normalized spacial score (nSPS) is 12.0. The van der Waals surface area contributed by atoms with E-state index in [-0.39, 0.29) is 16.7 Å². The molecular formula is C12H13FN2O3S. The zero-order chi connectivity index (χ0) is 14.0. The van der Waals surface area contributed by atoms with Crippen LogP contribution in [-0.2, 0) is 15.6 Å². The summed E-state index contributed by atoms with van der Waals surface area (Å²) in [5.41, 5.74) is 0. The van der Waals surface area contributed by atoms with E-state index in [0.717, 1.165) is 6.07 Å². The summed E-state index contributed by atoms with van der Waals surface area (Å²) in [6, 6.07) is 4.82. The van der Waals surface area contributed by atoms with Crippen LogP contribution >= 0.6 is 0 Å². The Bertz CT molecular complexity index is 680. The summed E-state index contributed by atoms with van der Waals surface area (Å²) in [6.07, 6.45) is 0. The smallest absolute Gasteiger partial charge is 0.242 e. The van der Waals surface area contributed by atoms with Gasteiger partial charge in [0.05, 0.1) is 4.90 Å². The highest BCUT2D eigenvalue weighted by Gasteiger charge is 2.20. The number of benzene rings is 1. The minimum absolute atomic E-state index is 0.00737. The van der Waals surface area contributed by atoms with Crippen molar-refractivity contribution < 1.29 is 17.3 Å². The van der Waals surface area contributed by atoms with E-state index in [0.29, 0.717) is 5.82 Å². The SMILES string of the molecule is CC(C)c1noc(CS(=O)(=O)c2cccc(F)c2)n1. The van der Waals surface area contributed by atoms with Gasteiger partial charge in [-0.1, -0.05) is 25.1 Å². The molecule has 0 saturated carbocycles. The zero-order valence-electron chi connectivity index (χ0n) is 10.5. The third-order valence-electron chi connectivity index (χ3n) is 2.47. The number of nitrogens with zero attached hydrogens (tertiary/aromatic N) is 2. The monoisotopic (exact) mass is 284 g/mol. The fraction of sp³-hybridized carbons (Fsp3) is 0.333. The largest absolute Gasteiger partial charge is 0.338 e. The molecule has 0 aliphatic heterocycles. The molecule has 0 aliphatic carbocycles. The minimum atomic E-state index is -3.68. The van der Waals surface area contributed by atoms with Gasteiger partial charge in [-0.05, 0) is 18.2 Å². The van der Waals surface area contributed by atoms with Gasteiger partial charge in [0.25, 0.3) is 0 Å². The molecule has 0 radical (unpaired) electrons. The highest BCUT2D eigenvalue weighted by Crippen LogP contribution is 2.18. The Labute approximate surface area is 110 Å². The van der Waals surface area contributed by atoms with Crippen molar-refractivity contribution in [3.8, 4) is 0 Å². The lowest BCUT2D eigenvalue weighted by molar-refractivity contribution is 0.380. The highest BCUT2D eigenvalue weighted by molar-refractivity contribution is 7.90. The predicted octanol–water partition coefficient (Wildman–Crippen LogP) is 2.31. The van der Waals surface area contributed by atoms with Crippen molar-refractivity contribution in [2.24, 2.45) is 0 Å². The molecule has 1 aromatic heterocycles. The Morgan fingerprint density at radius 3 is 2.68 bits per heavy atom. The first-order valence-corrected chi connectivity index (χ1v) is 7.34. The summed E-state index contributed by atoms with van der Waals surface area (Å²) in [4.78, 5) is 3.89. The molecular weight excluding hydrogens is 271 g/mol. The molecule has 1 aromatic carbocycles. The number of halogens is 1. The highest BCUT2D eigenvalue weighted by atomic mass is 32.2. The van der Waals surface area contributed by atoms with E-state index in [4.69, 9.17) is 4.52 Å². The van der Waals surface area contributed by atoms with Crippen LogP contribution in [0.5, 0.6) is 0 Å². The Kier molecular flexibility index (Phi) is 3.66. The molecule has 7 heteroatoms. The van der Waals surface area contributed by atoms with E-state index in [1.165, 1.54) is 18.2 Å². The van der Waals surface area contributed by atoms with Crippen molar-refractivity contribution in [1.29, 1.82) is 0 Å². The number of rotatable bonds is 4. The van der Waals surface area contributed by atoms with Crippen LogP contribution in [0, 0.1) is 5.82 Å². The van der Waals surface area contributed by atoms with Crippen LogP contribution < -0.4 is 0 Å².